The topological polar surface area (TPSA) is 71.3 Å². The third-order valence-electron chi connectivity index (χ3n) is 3.00. The molecule has 0 spiro atoms. The van der Waals surface area contributed by atoms with Gasteiger partial charge in [0.15, 0.2) is 0 Å². The first kappa shape index (κ1) is 15.2. The molecule has 0 radical (unpaired) electrons. The number of pyridine rings is 1. The summed E-state index contributed by atoms with van der Waals surface area (Å²) in [4.78, 5) is 18.4. The SMILES string of the molecule is CCNc1cc([N+](=O)[O-])cc(N(CC)Cc2cccs2)n1. The summed E-state index contributed by atoms with van der Waals surface area (Å²) in [5, 5.41) is 16.1. The Morgan fingerprint density at radius 2 is 2.24 bits per heavy atom. The zero-order chi connectivity index (χ0) is 15.2. The second kappa shape index (κ2) is 7.03. The van der Waals surface area contributed by atoms with Crippen LogP contribution in [0.25, 0.3) is 0 Å². The van der Waals surface area contributed by atoms with Crippen molar-refractivity contribution in [1.29, 1.82) is 0 Å². The van der Waals surface area contributed by atoms with Crippen LogP contribution in [-0.2, 0) is 6.54 Å². The van der Waals surface area contributed by atoms with Crippen LogP contribution in [0.15, 0.2) is 29.6 Å². The first-order valence-corrected chi connectivity index (χ1v) is 7.69. The zero-order valence-corrected chi connectivity index (χ0v) is 12.9. The number of anilines is 2. The molecule has 2 rings (SSSR count). The first-order valence-electron chi connectivity index (χ1n) is 6.81. The van der Waals surface area contributed by atoms with E-state index in [1.54, 1.807) is 11.3 Å². The molecule has 0 saturated heterocycles. The Hall–Kier alpha value is -2.15. The second-order valence-corrected chi connectivity index (χ2v) is 5.48. The fourth-order valence-corrected chi connectivity index (χ4v) is 2.71. The van der Waals surface area contributed by atoms with Crippen LogP contribution in [0, 0.1) is 10.1 Å². The molecular weight excluding hydrogens is 288 g/mol. The number of aromatic nitrogens is 1. The molecular formula is C14H18N4O2S. The van der Waals surface area contributed by atoms with Crippen molar-refractivity contribution in [2.75, 3.05) is 23.3 Å². The van der Waals surface area contributed by atoms with Gasteiger partial charge in [0, 0.05) is 18.0 Å². The standard InChI is InChI=1S/C14H18N4O2S/c1-3-15-13-8-11(18(19)20)9-14(16-13)17(4-2)10-12-6-5-7-21-12/h5-9H,3-4,10H2,1-2H3,(H,15,16). The second-order valence-electron chi connectivity index (χ2n) is 4.45. The lowest BCUT2D eigenvalue weighted by molar-refractivity contribution is -0.384. The molecule has 0 saturated carbocycles. The largest absolute Gasteiger partial charge is 0.370 e. The van der Waals surface area contributed by atoms with E-state index in [1.165, 1.54) is 17.0 Å². The molecule has 0 aliphatic rings. The van der Waals surface area contributed by atoms with Gasteiger partial charge in [0.2, 0.25) is 0 Å². The summed E-state index contributed by atoms with van der Waals surface area (Å²) >= 11 is 1.67. The number of hydrogen-bond donors (Lipinski definition) is 1. The Morgan fingerprint density at radius 1 is 1.43 bits per heavy atom. The van der Waals surface area contributed by atoms with E-state index in [0.29, 0.717) is 24.7 Å². The van der Waals surface area contributed by atoms with Gasteiger partial charge in [-0.15, -0.1) is 11.3 Å². The highest BCUT2D eigenvalue weighted by Gasteiger charge is 2.15. The number of rotatable bonds is 7. The van der Waals surface area contributed by atoms with Crippen molar-refractivity contribution >= 4 is 28.7 Å². The Labute approximate surface area is 127 Å². The van der Waals surface area contributed by atoms with Gasteiger partial charge in [-0.2, -0.15) is 0 Å². The molecule has 7 heteroatoms. The Bertz CT molecular complexity index is 601. The van der Waals surface area contributed by atoms with Crippen molar-refractivity contribution in [2.45, 2.75) is 20.4 Å². The molecule has 0 aliphatic carbocycles. The minimum absolute atomic E-state index is 0.0561. The molecule has 2 aromatic rings. The van der Waals surface area contributed by atoms with Crippen LogP contribution in [0.2, 0.25) is 0 Å². The Kier molecular flexibility index (Phi) is 5.10. The highest BCUT2D eigenvalue weighted by Crippen LogP contribution is 2.25. The summed E-state index contributed by atoms with van der Waals surface area (Å²) in [6, 6.07) is 7.04. The molecule has 2 heterocycles. The van der Waals surface area contributed by atoms with E-state index in [9.17, 15) is 10.1 Å². The van der Waals surface area contributed by atoms with Crippen molar-refractivity contribution in [3.8, 4) is 0 Å². The maximum absolute atomic E-state index is 11.1. The van der Waals surface area contributed by atoms with Gasteiger partial charge in [0.05, 0.1) is 23.6 Å². The molecule has 0 atom stereocenters. The summed E-state index contributed by atoms with van der Waals surface area (Å²) in [5.74, 6) is 1.15. The van der Waals surface area contributed by atoms with Crippen LogP contribution in [0.5, 0.6) is 0 Å². The summed E-state index contributed by atoms with van der Waals surface area (Å²) in [6.07, 6.45) is 0. The van der Waals surface area contributed by atoms with E-state index in [1.807, 2.05) is 30.2 Å². The quantitative estimate of drug-likeness (QED) is 0.626. The van der Waals surface area contributed by atoms with E-state index in [4.69, 9.17) is 0 Å². The predicted molar refractivity (Wildman–Crippen MR) is 86.1 cm³/mol. The molecule has 6 nitrogen and oxygen atoms in total. The number of nitro groups is 1. The van der Waals surface area contributed by atoms with Crippen LogP contribution in [0.1, 0.15) is 18.7 Å². The fraction of sp³-hybridized carbons (Fsp3) is 0.357. The van der Waals surface area contributed by atoms with Crippen molar-refractivity contribution < 1.29 is 4.92 Å². The third kappa shape index (κ3) is 3.91. The lowest BCUT2D eigenvalue weighted by atomic mass is 10.3. The molecule has 0 amide bonds. The van der Waals surface area contributed by atoms with E-state index in [2.05, 4.69) is 16.4 Å². The van der Waals surface area contributed by atoms with E-state index in [-0.39, 0.29) is 10.6 Å². The number of thiophene rings is 1. The number of nitrogens with zero attached hydrogens (tertiary/aromatic N) is 3. The lowest BCUT2D eigenvalue weighted by Crippen LogP contribution is -2.23. The monoisotopic (exact) mass is 306 g/mol. The van der Waals surface area contributed by atoms with Crippen LogP contribution < -0.4 is 10.2 Å². The van der Waals surface area contributed by atoms with Gasteiger partial charge in [-0.05, 0) is 25.3 Å². The van der Waals surface area contributed by atoms with Crippen molar-refractivity contribution in [2.24, 2.45) is 0 Å². The van der Waals surface area contributed by atoms with Crippen molar-refractivity contribution in [3.05, 3.63) is 44.6 Å². The Balaban J connectivity index is 2.32. The smallest absolute Gasteiger partial charge is 0.276 e. The third-order valence-corrected chi connectivity index (χ3v) is 3.86. The maximum atomic E-state index is 11.1. The summed E-state index contributed by atoms with van der Waals surface area (Å²) in [6.45, 7) is 6.06. The Morgan fingerprint density at radius 3 is 2.81 bits per heavy atom. The molecule has 112 valence electrons. The molecule has 0 bridgehead atoms. The van der Waals surface area contributed by atoms with Crippen molar-refractivity contribution in [3.63, 3.8) is 0 Å². The van der Waals surface area contributed by atoms with E-state index < -0.39 is 0 Å². The van der Waals surface area contributed by atoms with Crippen LogP contribution >= 0.6 is 11.3 Å². The van der Waals surface area contributed by atoms with E-state index in [0.717, 1.165) is 6.54 Å². The van der Waals surface area contributed by atoms with E-state index >= 15 is 0 Å². The number of nitrogens with one attached hydrogen (secondary N) is 1. The molecule has 0 unspecified atom stereocenters. The van der Waals surface area contributed by atoms with Gasteiger partial charge < -0.3 is 10.2 Å². The lowest BCUT2D eigenvalue weighted by Gasteiger charge is -2.21. The molecule has 0 aromatic carbocycles. The minimum Gasteiger partial charge on any atom is -0.370 e. The first-order chi connectivity index (χ1) is 10.1. The van der Waals surface area contributed by atoms with Crippen molar-refractivity contribution in [1.82, 2.24) is 4.98 Å². The maximum Gasteiger partial charge on any atom is 0.276 e. The molecule has 0 aliphatic heterocycles. The molecule has 2 aromatic heterocycles. The fourth-order valence-electron chi connectivity index (χ4n) is 1.99. The normalized spacial score (nSPS) is 10.4. The van der Waals surface area contributed by atoms with Gasteiger partial charge in [-0.1, -0.05) is 6.07 Å². The van der Waals surface area contributed by atoms with Crippen LogP contribution in [0.4, 0.5) is 17.3 Å². The van der Waals surface area contributed by atoms with Gasteiger partial charge in [-0.3, -0.25) is 10.1 Å². The van der Waals surface area contributed by atoms with Crippen LogP contribution in [-0.4, -0.2) is 23.0 Å². The molecule has 21 heavy (non-hydrogen) atoms. The average molecular weight is 306 g/mol. The highest BCUT2D eigenvalue weighted by atomic mass is 32.1. The zero-order valence-electron chi connectivity index (χ0n) is 12.1. The summed E-state index contributed by atoms with van der Waals surface area (Å²) < 4.78 is 0. The molecule has 0 fully saturated rings. The van der Waals surface area contributed by atoms with Crippen LogP contribution in [0.3, 0.4) is 0 Å². The number of hydrogen-bond acceptors (Lipinski definition) is 6. The van der Waals surface area contributed by atoms with Gasteiger partial charge in [-0.25, -0.2) is 4.98 Å². The van der Waals surface area contributed by atoms with Gasteiger partial charge >= 0.3 is 0 Å². The predicted octanol–water partition coefficient (Wildman–Crippen LogP) is 3.51. The average Bonchev–Trinajstić information content (AvgIpc) is 2.97. The van der Waals surface area contributed by atoms with Gasteiger partial charge in [0.1, 0.15) is 11.6 Å². The summed E-state index contributed by atoms with van der Waals surface area (Å²) in [5.41, 5.74) is 0.0561. The molecule has 1 N–H and O–H groups in total. The summed E-state index contributed by atoms with van der Waals surface area (Å²) in [7, 11) is 0. The minimum atomic E-state index is -0.384. The highest BCUT2D eigenvalue weighted by molar-refractivity contribution is 7.09. The van der Waals surface area contributed by atoms with Gasteiger partial charge in [0.25, 0.3) is 5.69 Å².